The predicted octanol–water partition coefficient (Wildman–Crippen LogP) is 4.91. The third-order valence-electron chi connectivity index (χ3n) is 3.36. The van der Waals surface area contributed by atoms with Crippen LogP contribution in [-0.4, -0.2) is 6.61 Å². The lowest BCUT2D eigenvalue weighted by Crippen LogP contribution is -2.13. The van der Waals surface area contributed by atoms with E-state index in [0.717, 1.165) is 0 Å². The van der Waals surface area contributed by atoms with Crippen LogP contribution in [0.4, 0.5) is 14.5 Å². The molecule has 1 N–H and O–H groups in total. The lowest BCUT2D eigenvalue weighted by molar-refractivity contribution is -0.0493. The van der Waals surface area contributed by atoms with Gasteiger partial charge in [-0.3, -0.25) is 0 Å². The molecule has 1 aromatic carbocycles. The smallest absolute Gasteiger partial charge is 0.387 e. The maximum absolute atomic E-state index is 12.4. The standard InChI is InChI=1S/C15H15F2NOS/c16-15(17)19-12-5-2-1-4-11(12)18-14(10-7-8-10)13-6-3-9-20-13/h1-6,9-10,14-15,18H,7-8H2. The van der Waals surface area contributed by atoms with Gasteiger partial charge < -0.3 is 10.1 Å². The van der Waals surface area contributed by atoms with Crippen molar-refractivity contribution < 1.29 is 13.5 Å². The van der Waals surface area contributed by atoms with Gasteiger partial charge in [-0.05, 0) is 42.3 Å². The highest BCUT2D eigenvalue weighted by molar-refractivity contribution is 7.10. The van der Waals surface area contributed by atoms with Crippen molar-refractivity contribution in [2.45, 2.75) is 25.5 Å². The van der Waals surface area contributed by atoms with Crippen molar-refractivity contribution in [2.24, 2.45) is 5.92 Å². The predicted molar refractivity (Wildman–Crippen MR) is 76.5 cm³/mol. The van der Waals surface area contributed by atoms with Gasteiger partial charge >= 0.3 is 6.61 Å². The number of halogens is 2. The molecule has 0 amide bonds. The van der Waals surface area contributed by atoms with E-state index in [9.17, 15) is 8.78 Å². The van der Waals surface area contributed by atoms with E-state index in [1.54, 1.807) is 29.5 Å². The molecule has 2 aromatic rings. The number of thiophene rings is 1. The molecule has 1 saturated carbocycles. The zero-order chi connectivity index (χ0) is 13.9. The summed E-state index contributed by atoms with van der Waals surface area (Å²) in [5.41, 5.74) is 0.623. The Morgan fingerprint density at radius 3 is 2.60 bits per heavy atom. The third-order valence-corrected chi connectivity index (χ3v) is 4.31. The molecule has 1 aromatic heterocycles. The fourth-order valence-corrected chi connectivity index (χ4v) is 3.14. The minimum atomic E-state index is -2.81. The molecule has 0 bridgehead atoms. The normalized spacial score (nSPS) is 16.1. The molecule has 1 heterocycles. The van der Waals surface area contributed by atoms with Crippen LogP contribution in [0.5, 0.6) is 5.75 Å². The van der Waals surface area contributed by atoms with Crippen LogP contribution < -0.4 is 10.1 Å². The van der Waals surface area contributed by atoms with Gasteiger partial charge in [0.15, 0.2) is 0 Å². The van der Waals surface area contributed by atoms with Gasteiger partial charge in [-0.2, -0.15) is 8.78 Å². The molecule has 0 radical (unpaired) electrons. The van der Waals surface area contributed by atoms with Crippen LogP contribution in [0, 0.1) is 5.92 Å². The fourth-order valence-electron chi connectivity index (χ4n) is 2.27. The lowest BCUT2D eigenvalue weighted by atomic mass is 10.1. The Kier molecular flexibility index (Phi) is 3.87. The molecule has 0 aliphatic heterocycles. The maximum Gasteiger partial charge on any atom is 0.387 e. The zero-order valence-electron chi connectivity index (χ0n) is 10.8. The largest absolute Gasteiger partial charge is 0.433 e. The minimum absolute atomic E-state index is 0.178. The first-order chi connectivity index (χ1) is 9.74. The second kappa shape index (κ2) is 5.79. The number of alkyl halides is 2. The SMILES string of the molecule is FC(F)Oc1ccccc1NC(c1cccs1)C1CC1. The highest BCUT2D eigenvalue weighted by Crippen LogP contribution is 2.45. The quantitative estimate of drug-likeness (QED) is 0.817. The van der Waals surface area contributed by atoms with Crippen molar-refractivity contribution >= 4 is 17.0 Å². The molecule has 3 rings (SSSR count). The van der Waals surface area contributed by atoms with E-state index >= 15 is 0 Å². The summed E-state index contributed by atoms with van der Waals surface area (Å²) in [6.07, 6.45) is 2.35. The molecule has 1 aliphatic carbocycles. The molecule has 1 fully saturated rings. The summed E-state index contributed by atoms with van der Waals surface area (Å²) in [5, 5.41) is 5.41. The highest BCUT2D eigenvalue weighted by atomic mass is 32.1. The second-order valence-corrected chi connectivity index (χ2v) is 5.83. The number of hydrogen-bond donors (Lipinski definition) is 1. The van der Waals surface area contributed by atoms with E-state index in [4.69, 9.17) is 0 Å². The maximum atomic E-state index is 12.4. The second-order valence-electron chi connectivity index (χ2n) is 4.85. The molecule has 1 unspecified atom stereocenters. The first-order valence-corrected chi connectivity index (χ1v) is 7.46. The van der Waals surface area contributed by atoms with E-state index in [1.807, 2.05) is 17.5 Å². The lowest BCUT2D eigenvalue weighted by Gasteiger charge is -2.20. The van der Waals surface area contributed by atoms with Gasteiger partial charge in [0.25, 0.3) is 0 Å². The topological polar surface area (TPSA) is 21.3 Å². The first-order valence-electron chi connectivity index (χ1n) is 6.58. The summed E-state index contributed by atoms with van der Waals surface area (Å²) in [7, 11) is 0. The summed E-state index contributed by atoms with van der Waals surface area (Å²) in [6.45, 7) is -2.81. The van der Waals surface area contributed by atoms with Gasteiger partial charge in [-0.1, -0.05) is 18.2 Å². The molecular weight excluding hydrogens is 280 g/mol. The van der Waals surface area contributed by atoms with E-state index in [-0.39, 0.29) is 11.8 Å². The minimum Gasteiger partial charge on any atom is -0.433 e. The van der Waals surface area contributed by atoms with Crippen LogP contribution in [0.25, 0.3) is 0 Å². The van der Waals surface area contributed by atoms with Crippen LogP contribution in [0.2, 0.25) is 0 Å². The van der Waals surface area contributed by atoms with Gasteiger partial charge in [0.2, 0.25) is 0 Å². The number of para-hydroxylation sites is 2. The van der Waals surface area contributed by atoms with Gasteiger partial charge in [0, 0.05) is 4.88 Å². The number of ether oxygens (including phenoxy) is 1. The summed E-state index contributed by atoms with van der Waals surface area (Å²) in [5.74, 6) is 0.776. The summed E-state index contributed by atoms with van der Waals surface area (Å²) in [4.78, 5) is 1.24. The van der Waals surface area contributed by atoms with Crippen LogP contribution in [0.3, 0.4) is 0 Å². The number of rotatable bonds is 6. The monoisotopic (exact) mass is 295 g/mol. The van der Waals surface area contributed by atoms with E-state index in [2.05, 4.69) is 16.1 Å². The number of anilines is 1. The molecule has 0 saturated heterocycles. The average molecular weight is 295 g/mol. The van der Waals surface area contributed by atoms with Gasteiger partial charge in [0.1, 0.15) is 5.75 Å². The van der Waals surface area contributed by atoms with Crippen molar-refractivity contribution in [1.29, 1.82) is 0 Å². The third kappa shape index (κ3) is 3.10. The average Bonchev–Trinajstić information content (AvgIpc) is 3.11. The van der Waals surface area contributed by atoms with Crippen LogP contribution in [0.1, 0.15) is 23.8 Å². The van der Waals surface area contributed by atoms with Crippen molar-refractivity contribution in [3.63, 3.8) is 0 Å². The fraction of sp³-hybridized carbons (Fsp3) is 0.333. The molecule has 20 heavy (non-hydrogen) atoms. The van der Waals surface area contributed by atoms with Crippen LogP contribution in [0.15, 0.2) is 41.8 Å². The van der Waals surface area contributed by atoms with E-state index in [0.29, 0.717) is 11.6 Å². The molecule has 1 aliphatic rings. The summed E-state index contributed by atoms with van der Waals surface area (Å²) in [6, 6.07) is 11.1. The summed E-state index contributed by atoms with van der Waals surface area (Å²) < 4.78 is 29.4. The van der Waals surface area contributed by atoms with Crippen molar-refractivity contribution in [3.8, 4) is 5.75 Å². The van der Waals surface area contributed by atoms with Gasteiger partial charge in [-0.25, -0.2) is 0 Å². The molecule has 0 spiro atoms. The van der Waals surface area contributed by atoms with Crippen molar-refractivity contribution in [3.05, 3.63) is 46.7 Å². The molecular formula is C15H15F2NOS. The molecule has 5 heteroatoms. The summed E-state index contributed by atoms with van der Waals surface area (Å²) >= 11 is 1.69. The van der Waals surface area contributed by atoms with Crippen LogP contribution >= 0.6 is 11.3 Å². The van der Waals surface area contributed by atoms with E-state index in [1.165, 1.54) is 17.7 Å². The van der Waals surface area contributed by atoms with Crippen molar-refractivity contribution in [1.82, 2.24) is 0 Å². The Hall–Kier alpha value is -1.62. The van der Waals surface area contributed by atoms with E-state index < -0.39 is 6.61 Å². The number of benzene rings is 1. The molecule has 106 valence electrons. The Morgan fingerprint density at radius 1 is 1.15 bits per heavy atom. The van der Waals surface area contributed by atoms with Crippen LogP contribution in [-0.2, 0) is 0 Å². The zero-order valence-corrected chi connectivity index (χ0v) is 11.6. The van der Waals surface area contributed by atoms with Gasteiger partial charge in [-0.15, -0.1) is 11.3 Å². The first kappa shape index (κ1) is 13.4. The molecule has 2 nitrogen and oxygen atoms in total. The Balaban J connectivity index is 1.82. The Labute approximate surface area is 120 Å². The number of nitrogens with one attached hydrogen (secondary N) is 1. The highest BCUT2D eigenvalue weighted by Gasteiger charge is 2.33. The Bertz CT molecular complexity index is 555. The van der Waals surface area contributed by atoms with Gasteiger partial charge in [0.05, 0.1) is 11.7 Å². The van der Waals surface area contributed by atoms with Crippen molar-refractivity contribution in [2.75, 3.05) is 5.32 Å². The Morgan fingerprint density at radius 2 is 1.95 bits per heavy atom. The number of hydrogen-bond acceptors (Lipinski definition) is 3. The molecule has 1 atom stereocenters.